The Bertz CT molecular complexity index is 587. The van der Waals surface area contributed by atoms with Crippen molar-refractivity contribution < 1.29 is 4.79 Å². The predicted octanol–water partition coefficient (Wildman–Crippen LogP) is 3.89. The van der Waals surface area contributed by atoms with Crippen LogP contribution in [0.3, 0.4) is 0 Å². The summed E-state index contributed by atoms with van der Waals surface area (Å²) in [4.78, 5) is 16.6. The normalized spacial score (nSPS) is 16.2. The third-order valence-electron chi connectivity index (χ3n) is 4.23. The maximum atomic E-state index is 12.2. The van der Waals surface area contributed by atoms with Crippen molar-refractivity contribution in [3.8, 4) is 6.07 Å². The molecule has 5 heteroatoms. The molecule has 1 amide bonds. The quantitative estimate of drug-likeness (QED) is 0.850. The van der Waals surface area contributed by atoms with Crippen LogP contribution in [-0.2, 0) is 4.79 Å². The highest BCUT2D eigenvalue weighted by molar-refractivity contribution is 8.00. The molecule has 0 aliphatic heterocycles. The van der Waals surface area contributed by atoms with Gasteiger partial charge in [-0.15, -0.1) is 0 Å². The maximum Gasteiger partial charge on any atom is 0.230 e. The van der Waals surface area contributed by atoms with Gasteiger partial charge in [-0.1, -0.05) is 43.9 Å². The highest BCUT2D eigenvalue weighted by Gasteiger charge is 2.16. The van der Waals surface area contributed by atoms with Crippen LogP contribution < -0.4 is 5.32 Å². The minimum absolute atomic E-state index is 0.0467. The van der Waals surface area contributed by atoms with E-state index in [2.05, 4.69) is 16.4 Å². The summed E-state index contributed by atoms with van der Waals surface area (Å²) >= 11 is 1.36. The molecular weight excluding hydrogens is 306 g/mol. The second kappa shape index (κ2) is 8.93. The molecule has 0 aromatic carbocycles. The number of aryl methyl sites for hydroxylation is 2. The summed E-state index contributed by atoms with van der Waals surface area (Å²) in [5.41, 5.74) is 2.38. The number of aromatic nitrogens is 1. The monoisotopic (exact) mass is 331 g/mol. The van der Waals surface area contributed by atoms with Gasteiger partial charge in [0, 0.05) is 11.7 Å². The Kier molecular flexibility index (Phi) is 6.91. The van der Waals surface area contributed by atoms with Crippen LogP contribution >= 0.6 is 11.8 Å². The summed E-state index contributed by atoms with van der Waals surface area (Å²) in [7, 11) is 0. The highest BCUT2D eigenvalue weighted by atomic mass is 32.2. The van der Waals surface area contributed by atoms with Crippen molar-refractivity contribution in [2.75, 3.05) is 5.75 Å². The average molecular weight is 331 g/mol. The zero-order chi connectivity index (χ0) is 16.7. The lowest BCUT2D eigenvalue weighted by Gasteiger charge is -2.21. The predicted molar refractivity (Wildman–Crippen MR) is 93.4 cm³/mol. The molecule has 1 aromatic rings. The van der Waals surface area contributed by atoms with Crippen molar-refractivity contribution >= 4 is 17.7 Å². The molecule has 1 heterocycles. The Morgan fingerprint density at radius 2 is 1.96 bits per heavy atom. The van der Waals surface area contributed by atoms with Crippen LogP contribution in [0.4, 0.5) is 0 Å². The SMILES string of the molecule is Cc1cc(C)c(C#N)c(SCC(=O)NC2CCCCCCC2)n1. The van der Waals surface area contributed by atoms with Crippen LogP contribution in [0, 0.1) is 25.2 Å². The lowest BCUT2D eigenvalue weighted by atomic mass is 9.97. The Labute approximate surface area is 143 Å². The van der Waals surface area contributed by atoms with Crippen LogP contribution in [0.15, 0.2) is 11.1 Å². The highest BCUT2D eigenvalue weighted by Crippen LogP contribution is 2.23. The molecule has 0 spiro atoms. The van der Waals surface area contributed by atoms with Gasteiger partial charge in [0.05, 0.1) is 11.3 Å². The zero-order valence-electron chi connectivity index (χ0n) is 14.0. The smallest absolute Gasteiger partial charge is 0.230 e. The average Bonchev–Trinajstić information content (AvgIpc) is 2.47. The maximum absolute atomic E-state index is 12.2. The van der Waals surface area contributed by atoms with E-state index >= 15 is 0 Å². The van der Waals surface area contributed by atoms with Crippen LogP contribution in [0.2, 0.25) is 0 Å². The molecule has 124 valence electrons. The number of hydrogen-bond donors (Lipinski definition) is 1. The lowest BCUT2D eigenvalue weighted by molar-refractivity contribution is -0.119. The van der Waals surface area contributed by atoms with Crippen molar-refractivity contribution in [2.24, 2.45) is 0 Å². The standard InChI is InChI=1S/C18H25N3OS/c1-13-10-14(2)20-18(16(13)11-19)23-12-17(22)21-15-8-6-4-3-5-7-9-15/h10,15H,3-9,12H2,1-2H3,(H,21,22). The van der Waals surface area contributed by atoms with E-state index in [1.807, 2.05) is 19.9 Å². The minimum Gasteiger partial charge on any atom is -0.353 e. The number of pyridine rings is 1. The first-order valence-corrected chi connectivity index (χ1v) is 9.39. The molecule has 2 rings (SSSR count). The Balaban J connectivity index is 1.90. The summed E-state index contributed by atoms with van der Waals surface area (Å²) < 4.78 is 0. The van der Waals surface area contributed by atoms with Crippen molar-refractivity contribution in [2.45, 2.75) is 69.9 Å². The molecule has 0 radical (unpaired) electrons. The summed E-state index contributed by atoms with van der Waals surface area (Å²) in [6.07, 6.45) is 8.46. The fraction of sp³-hybridized carbons (Fsp3) is 0.611. The van der Waals surface area contributed by atoms with Crippen molar-refractivity contribution in [3.05, 3.63) is 22.9 Å². The zero-order valence-corrected chi connectivity index (χ0v) is 14.8. The van der Waals surface area contributed by atoms with Crippen molar-refractivity contribution in [3.63, 3.8) is 0 Å². The molecule has 0 saturated heterocycles. The van der Waals surface area contributed by atoms with Crippen LogP contribution in [0.5, 0.6) is 0 Å². The van der Waals surface area contributed by atoms with Gasteiger partial charge in [-0.05, 0) is 38.3 Å². The van der Waals surface area contributed by atoms with E-state index in [1.165, 1.54) is 43.9 Å². The topological polar surface area (TPSA) is 65.8 Å². The first-order chi connectivity index (χ1) is 11.1. The fourth-order valence-electron chi connectivity index (χ4n) is 3.05. The molecule has 1 aliphatic rings. The third-order valence-corrected chi connectivity index (χ3v) is 5.21. The van der Waals surface area contributed by atoms with Gasteiger partial charge in [0.15, 0.2) is 0 Å². The summed E-state index contributed by atoms with van der Waals surface area (Å²) in [6.45, 7) is 3.82. The molecule has 23 heavy (non-hydrogen) atoms. The Hall–Kier alpha value is -1.54. The van der Waals surface area contributed by atoms with Crippen molar-refractivity contribution in [1.82, 2.24) is 10.3 Å². The second-order valence-corrected chi connectivity index (χ2v) is 7.23. The number of carbonyl (C=O) groups is 1. The second-order valence-electron chi connectivity index (χ2n) is 6.27. The van der Waals surface area contributed by atoms with Gasteiger partial charge in [-0.2, -0.15) is 5.26 Å². The number of rotatable bonds is 4. The van der Waals surface area contributed by atoms with E-state index in [0.29, 0.717) is 22.4 Å². The molecule has 0 bridgehead atoms. The third kappa shape index (κ3) is 5.54. The molecule has 1 aromatic heterocycles. The molecule has 0 unspecified atom stereocenters. The van der Waals surface area contributed by atoms with Gasteiger partial charge >= 0.3 is 0 Å². The number of carbonyl (C=O) groups excluding carboxylic acids is 1. The van der Waals surface area contributed by atoms with Crippen LogP contribution in [0.25, 0.3) is 0 Å². The number of nitrogens with one attached hydrogen (secondary N) is 1. The van der Waals surface area contributed by atoms with Crippen LogP contribution in [-0.4, -0.2) is 22.7 Å². The molecule has 1 fully saturated rings. The fourth-order valence-corrected chi connectivity index (χ4v) is 3.96. The Morgan fingerprint density at radius 1 is 1.30 bits per heavy atom. The van der Waals surface area contributed by atoms with Gasteiger partial charge in [-0.3, -0.25) is 4.79 Å². The van der Waals surface area contributed by atoms with E-state index < -0.39 is 0 Å². The number of amides is 1. The molecule has 4 nitrogen and oxygen atoms in total. The molecule has 1 saturated carbocycles. The number of nitriles is 1. The molecular formula is C18H25N3OS. The number of nitrogens with zero attached hydrogens (tertiary/aromatic N) is 2. The first kappa shape index (κ1) is 17.8. The minimum atomic E-state index is 0.0467. The molecule has 1 aliphatic carbocycles. The van der Waals surface area contributed by atoms with E-state index in [9.17, 15) is 10.1 Å². The van der Waals surface area contributed by atoms with Crippen LogP contribution in [0.1, 0.15) is 61.8 Å². The number of hydrogen-bond acceptors (Lipinski definition) is 4. The Morgan fingerprint density at radius 3 is 2.61 bits per heavy atom. The summed E-state index contributed by atoms with van der Waals surface area (Å²) in [5, 5.41) is 13.1. The van der Waals surface area contributed by atoms with Crippen molar-refractivity contribution in [1.29, 1.82) is 5.26 Å². The van der Waals surface area contributed by atoms with E-state index in [4.69, 9.17) is 0 Å². The van der Waals surface area contributed by atoms with Gasteiger partial charge in [0.1, 0.15) is 11.1 Å². The van der Waals surface area contributed by atoms with Gasteiger partial charge in [-0.25, -0.2) is 4.98 Å². The summed E-state index contributed by atoms with van der Waals surface area (Å²) in [6, 6.07) is 4.41. The van der Waals surface area contributed by atoms with Gasteiger partial charge < -0.3 is 5.32 Å². The largest absolute Gasteiger partial charge is 0.353 e. The van der Waals surface area contributed by atoms with Gasteiger partial charge in [0.2, 0.25) is 5.91 Å². The van der Waals surface area contributed by atoms with Gasteiger partial charge in [0.25, 0.3) is 0 Å². The van der Waals surface area contributed by atoms with E-state index in [1.54, 1.807) is 0 Å². The summed E-state index contributed by atoms with van der Waals surface area (Å²) in [5.74, 6) is 0.367. The molecule has 0 atom stereocenters. The van der Waals surface area contributed by atoms with E-state index in [0.717, 1.165) is 24.1 Å². The first-order valence-electron chi connectivity index (χ1n) is 8.40. The number of thioether (sulfide) groups is 1. The van der Waals surface area contributed by atoms with E-state index in [-0.39, 0.29) is 5.91 Å². The lowest BCUT2D eigenvalue weighted by Crippen LogP contribution is -2.36. The molecule has 1 N–H and O–H groups in total.